The number of anilines is 1. The van der Waals surface area contributed by atoms with Crippen LogP contribution in [0.3, 0.4) is 0 Å². The van der Waals surface area contributed by atoms with E-state index in [9.17, 15) is 0 Å². The second kappa shape index (κ2) is 5.95. The summed E-state index contributed by atoms with van der Waals surface area (Å²) in [6.45, 7) is 0.646. The van der Waals surface area contributed by atoms with E-state index in [0.29, 0.717) is 6.54 Å². The summed E-state index contributed by atoms with van der Waals surface area (Å²) in [5.74, 6) is 6.43. The summed E-state index contributed by atoms with van der Waals surface area (Å²) >= 11 is 0. The zero-order chi connectivity index (χ0) is 13.6. The van der Waals surface area contributed by atoms with E-state index in [1.807, 2.05) is 30.3 Å². The highest BCUT2D eigenvalue weighted by molar-refractivity contribution is 5.88. The average Bonchev–Trinajstić information content (AvgIpc) is 2.53. The van der Waals surface area contributed by atoms with E-state index in [1.54, 1.807) is 0 Å². The third kappa shape index (κ3) is 2.81. The Kier molecular flexibility index (Phi) is 3.66. The molecule has 0 atom stereocenters. The van der Waals surface area contributed by atoms with E-state index in [4.69, 9.17) is 0 Å². The van der Waals surface area contributed by atoms with Crippen LogP contribution in [-0.4, -0.2) is 6.54 Å². The van der Waals surface area contributed by atoms with E-state index in [2.05, 4.69) is 59.6 Å². The van der Waals surface area contributed by atoms with Crippen LogP contribution < -0.4 is 5.32 Å². The van der Waals surface area contributed by atoms with Crippen LogP contribution in [0.5, 0.6) is 0 Å². The largest absolute Gasteiger partial charge is 0.374 e. The molecule has 0 amide bonds. The number of hydrogen-bond donors (Lipinski definition) is 1. The van der Waals surface area contributed by atoms with E-state index in [-0.39, 0.29) is 0 Å². The van der Waals surface area contributed by atoms with Gasteiger partial charge in [-0.05, 0) is 29.0 Å². The van der Waals surface area contributed by atoms with Gasteiger partial charge in [0, 0.05) is 11.3 Å². The molecular weight excluding hydrogens is 242 g/mol. The van der Waals surface area contributed by atoms with Gasteiger partial charge in [-0.15, -0.1) is 0 Å². The van der Waals surface area contributed by atoms with Gasteiger partial charge in [0.1, 0.15) is 0 Å². The number of para-hydroxylation sites is 1. The zero-order valence-electron chi connectivity index (χ0n) is 11.1. The van der Waals surface area contributed by atoms with Crippen LogP contribution in [0.4, 0.5) is 5.69 Å². The predicted octanol–water partition coefficient (Wildman–Crippen LogP) is 4.30. The first-order chi connectivity index (χ1) is 9.93. The molecule has 0 unspecified atom stereocenters. The van der Waals surface area contributed by atoms with Crippen LogP contribution in [0.2, 0.25) is 0 Å². The van der Waals surface area contributed by atoms with E-state index in [0.717, 1.165) is 11.3 Å². The second-order valence-corrected chi connectivity index (χ2v) is 4.55. The summed E-state index contributed by atoms with van der Waals surface area (Å²) in [7, 11) is 0. The van der Waals surface area contributed by atoms with Crippen molar-refractivity contribution in [3.8, 4) is 11.8 Å². The average molecular weight is 257 g/mol. The Morgan fingerprint density at radius 1 is 0.750 bits per heavy atom. The molecule has 3 aromatic rings. The molecular formula is C19H15N. The molecule has 1 nitrogen and oxygen atoms in total. The fourth-order valence-corrected chi connectivity index (χ4v) is 2.18. The van der Waals surface area contributed by atoms with Gasteiger partial charge in [-0.2, -0.15) is 0 Å². The van der Waals surface area contributed by atoms with Gasteiger partial charge in [0.2, 0.25) is 0 Å². The Morgan fingerprint density at radius 2 is 1.50 bits per heavy atom. The maximum atomic E-state index is 3.29. The smallest absolute Gasteiger partial charge is 0.0769 e. The molecule has 1 heteroatoms. The van der Waals surface area contributed by atoms with Crippen molar-refractivity contribution in [2.24, 2.45) is 0 Å². The fourth-order valence-electron chi connectivity index (χ4n) is 2.18. The quantitative estimate of drug-likeness (QED) is 0.675. The van der Waals surface area contributed by atoms with Gasteiger partial charge in [0.25, 0.3) is 0 Å². The van der Waals surface area contributed by atoms with E-state index >= 15 is 0 Å². The molecule has 0 heterocycles. The molecule has 0 radical (unpaired) electrons. The fraction of sp³-hybridized carbons (Fsp3) is 0.0526. The lowest BCUT2D eigenvalue weighted by atomic mass is 10.1. The highest BCUT2D eigenvalue weighted by Gasteiger charge is 1.95. The molecule has 1 N–H and O–H groups in total. The highest BCUT2D eigenvalue weighted by Crippen LogP contribution is 2.17. The maximum absolute atomic E-state index is 3.29. The number of rotatable bonds is 2. The van der Waals surface area contributed by atoms with Gasteiger partial charge < -0.3 is 5.32 Å². The van der Waals surface area contributed by atoms with Gasteiger partial charge in [-0.25, -0.2) is 0 Å². The second-order valence-electron chi connectivity index (χ2n) is 4.55. The predicted molar refractivity (Wildman–Crippen MR) is 85.8 cm³/mol. The minimum atomic E-state index is 0.646. The van der Waals surface area contributed by atoms with Crippen LogP contribution in [0.15, 0.2) is 72.8 Å². The molecule has 96 valence electrons. The van der Waals surface area contributed by atoms with Crippen molar-refractivity contribution in [1.29, 1.82) is 0 Å². The van der Waals surface area contributed by atoms with Crippen molar-refractivity contribution in [2.75, 3.05) is 11.9 Å². The number of hydrogen-bond acceptors (Lipinski definition) is 1. The van der Waals surface area contributed by atoms with Gasteiger partial charge in [-0.1, -0.05) is 66.4 Å². The molecule has 3 rings (SSSR count). The molecule has 0 fully saturated rings. The van der Waals surface area contributed by atoms with Crippen molar-refractivity contribution in [2.45, 2.75) is 0 Å². The third-order valence-corrected chi connectivity index (χ3v) is 3.17. The Bertz CT molecular complexity index is 758. The molecule has 0 aliphatic carbocycles. The van der Waals surface area contributed by atoms with E-state index < -0.39 is 0 Å². The Labute approximate surface area is 119 Å². The minimum absolute atomic E-state index is 0.646. The topological polar surface area (TPSA) is 12.0 Å². The lowest BCUT2D eigenvalue weighted by molar-refractivity contribution is 1.38. The lowest BCUT2D eigenvalue weighted by Gasteiger charge is -2.01. The molecule has 0 aliphatic heterocycles. The molecule has 3 aromatic carbocycles. The van der Waals surface area contributed by atoms with Crippen LogP contribution >= 0.6 is 0 Å². The summed E-state index contributed by atoms with van der Waals surface area (Å²) in [5.41, 5.74) is 2.18. The first-order valence-electron chi connectivity index (χ1n) is 6.69. The molecule has 0 spiro atoms. The molecule has 0 saturated heterocycles. The maximum Gasteiger partial charge on any atom is 0.0769 e. The number of benzene rings is 3. The highest BCUT2D eigenvalue weighted by atomic mass is 14.8. The molecule has 0 bridgehead atoms. The summed E-state index contributed by atoms with van der Waals surface area (Å²) in [4.78, 5) is 0. The van der Waals surface area contributed by atoms with Crippen LogP contribution in [0.25, 0.3) is 10.8 Å². The number of fused-ring (bicyclic) bond motifs is 1. The zero-order valence-corrected chi connectivity index (χ0v) is 11.1. The van der Waals surface area contributed by atoms with Crippen LogP contribution in [0.1, 0.15) is 5.56 Å². The van der Waals surface area contributed by atoms with Crippen molar-refractivity contribution in [3.05, 3.63) is 78.4 Å². The monoisotopic (exact) mass is 257 g/mol. The third-order valence-electron chi connectivity index (χ3n) is 3.17. The summed E-state index contributed by atoms with van der Waals surface area (Å²) in [5, 5.41) is 5.73. The first-order valence-corrected chi connectivity index (χ1v) is 6.69. The molecule has 0 aromatic heterocycles. The first kappa shape index (κ1) is 12.3. The van der Waals surface area contributed by atoms with Gasteiger partial charge in [-0.3, -0.25) is 0 Å². The summed E-state index contributed by atoms with van der Waals surface area (Å²) in [6.07, 6.45) is 0. The Hall–Kier alpha value is -2.72. The minimum Gasteiger partial charge on any atom is -0.374 e. The summed E-state index contributed by atoms with van der Waals surface area (Å²) < 4.78 is 0. The van der Waals surface area contributed by atoms with Crippen molar-refractivity contribution < 1.29 is 0 Å². The molecule has 20 heavy (non-hydrogen) atoms. The lowest BCUT2D eigenvalue weighted by Crippen LogP contribution is -1.97. The van der Waals surface area contributed by atoms with Crippen LogP contribution in [-0.2, 0) is 0 Å². The normalized spacial score (nSPS) is 9.80. The summed E-state index contributed by atoms with van der Waals surface area (Å²) in [6, 6.07) is 24.7. The van der Waals surface area contributed by atoms with Gasteiger partial charge in [0.15, 0.2) is 0 Å². The van der Waals surface area contributed by atoms with Gasteiger partial charge in [0.05, 0.1) is 6.54 Å². The van der Waals surface area contributed by atoms with Crippen LogP contribution in [0, 0.1) is 11.8 Å². The standard InChI is InChI=1S/C19H15N/c1-2-12-18(13-3-1)20-15-7-11-17-10-6-9-16-8-4-5-14-19(16)17/h1-6,8-10,12-14,20H,15H2. The van der Waals surface area contributed by atoms with Crippen molar-refractivity contribution >= 4 is 16.5 Å². The van der Waals surface area contributed by atoms with Crippen molar-refractivity contribution in [3.63, 3.8) is 0 Å². The van der Waals surface area contributed by atoms with Crippen molar-refractivity contribution in [1.82, 2.24) is 0 Å². The SMILES string of the molecule is C(#Cc1cccc2ccccc12)CNc1ccccc1. The number of nitrogens with one attached hydrogen (secondary N) is 1. The molecule has 0 saturated carbocycles. The Morgan fingerprint density at radius 3 is 2.40 bits per heavy atom. The van der Waals surface area contributed by atoms with E-state index in [1.165, 1.54) is 10.8 Å². The Balaban J connectivity index is 1.76. The molecule has 0 aliphatic rings. The van der Waals surface area contributed by atoms with Gasteiger partial charge >= 0.3 is 0 Å².